The Labute approximate surface area is 117 Å². The molecule has 2 nitrogen and oxygen atoms in total. The Morgan fingerprint density at radius 3 is 2.95 bits per heavy atom. The number of rotatable bonds is 7. The predicted molar refractivity (Wildman–Crippen MR) is 80.9 cm³/mol. The third-order valence-corrected chi connectivity index (χ3v) is 3.58. The van der Waals surface area contributed by atoms with Gasteiger partial charge in [0.25, 0.3) is 0 Å². The molecule has 19 heavy (non-hydrogen) atoms. The number of unbranched alkanes of at least 4 members (excludes halogenated alkanes) is 1. The van der Waals surface area contributed by atoms with E-state index in [-0.39, 0.29) is 0 Å². The summed E-state index contributed by atoms with van der Waals surface area (Å²) in [6.07, 6.45) is 5.13. The number of nitrogens with one attached hydrogen (secondary N) is 1. The zero-order valence-electron chi connectivity index (χ0n) is 12.5. The Balaban J connectivity index is 1.68. The lowest BCUT2D eigenvalue weighted by Gasteiger charge is -2.07. The van der Waals surface area contributed by atoms with Crippen LogP contribution in [0.25, 0.3) is 0 Å². The van der Waals surface area contributed by atoms with Crippen LogP contribution >= 0.6 is 0 Å². The lowest BCUT2D eigenvalue weighted by molar-refractivity contribution is 0.254. The summed E-state index contributed by atoms with van der Waals surface area (Å²) >= 11 is 0. The Hall–Kier alpha value is -1.02. The van der Waals surface area contributed by atoms with Gasteiger partial charge in [0.05, 0.1) is 0 Å². The summed E-state index contributed by atoms with van der Waals surface area (Å²) in [7, 11) is 0. The van der Waals surface area contributed by atoms with Gasteiger partial charge < -0.3 is 10.1 Å². The predicted octanol–water partition coefficient (Wildman–Crippen LogP) is 3.58. The fraction of sp³-hybridized carbons (Fsp3) is 0.647. The first-order valence-electron chi connectivity index (χ1n) is 7.64. The van der Waals surface area contributed by atoms with Crippen molar-refractivity contribution in [1.29, 1.82) is 0 Å². The summed E-state index contributed by atoms with van der Waals surface area (Å²) in [5, 5.41) is 3.50. The van der Waals surface area contributed by atoms with Gasteiger partial charge in [-0.2, -0.15) is 0 Å². The summed E-state index contributed by atoms with van der Waals surface area (Å²) in [5.41, 5.74) is 2.85. The lowest BCUT2D eigenvalue weighted by atomic mass is 10.0. The second kappa shape index (κ2) is 6.95. The smallest absolute Gasteiger partial charge is 0.123 e. The molecule has 1 aromatic rings. The molecule has 0 aliphatic carbocycles. The van der Waals surface area contributed by atoms with E-state index in [0.717, 1.165) is 31.2 Å². The Morgan fingerprint density at radius 1 is 1.32 bits per heavy atom. The summed E-state index contributed by atoms with van der Waals surface area (Å²) in [5.74, 6) is 1.84. The van der Waals surface area contributed by atoms with E-state index in [1.165, 1.54) is 30.4 Å². The van der Waals surface area contributed by atoms with Gasteiger partial charge in [0.1, 0.15) is 11.9 Å². The number of hydrogen-bond donors (Lipinski definition) is 1. The van der Waals surface area contributed by atoms with Crippen LogP contribution in [-0.2, 0) is 12.8 Å². The fourth-order valence-corrected chi connectivity index (χ4v) is 2.60. The first-order chi connectivity index (χ1) is 9.15. The molecule has 0 bridgehead atoms. The minimum absolute atomic E-state index is 0.352. The lowest BCUT2D eigenvalue weighted by Crippen LogP contribution is -2.20. The second-order valence-electron chi connectivity index (χ2n) is 6.13. The van der Waals surface area contributed by atoms with Gasteiger partial charge in [0.15, 0.2) is 0 Å². The molecule has 1 atom stereocenters. The third kappa shape index (κ3) is 4.54. The monoisotopic (exact) mass is 261 g/mol. The highest BCUT2D eigenvalue weighted by molar-refractivity contribution is 5.40. The van der Waals surface area contributed by atoms with Crippen molar-refractivity contribution in [1.82, 2.24) is 5.32 Å². The van der Waals surface area contributed by atoms with E-state index in [1.54, 1.807) is 0 Å². The topological polar surface area (TPSA) is 21.3 Å². The molecular weight excluding hydrogens is 234 g/mol. The van der Waals surface area contributed by atoms with Crippen LogP contribution in [-0.4, -0.2) is 19.2 Å². The second-order valence-corrected chi connectivity index (χ2v) is 6.13. The van der Waals surface area contributed by atoms with Crippen molar-refractivity contribution in [3.05, 3.63) is 29.3 Å². The number of benzene rings is 1. The van der Waals surface area contributed by atoms with Crippen molar-refractivity contribution in [2.45, 2.75) is 52.6 Å². The molecule has 2 heteroatoms. The van der Waals surface area contributed by atoms with Crippen LogP contribution in [0.5, 0.6) is 5.75 Å². The SMILES string of the molecule is CC(C)CNCCCCc1ccc2c(c1)CC(C)O2. The van der Waals surface area contributed by atoms with Gasteiger partial charge in [-0.05, 0) is 62.4 Å². The summed E-state index contributed by atoms with van der Waals surface area (Å²) in [6, 6.07) is 6.70. The van der Waals surface area contributed by atoms with Crippen molar-refractivity contribution in [2.75, 3.05) is 13.1 Å². The Kier molecular flexibility index (Phi) is 5.26. The highest BCUT2D eigenvalue weighted by atomic mass is 16.5. The van der Waals surface area contributed by atoms with Crippen molar-refractivity contribution >= 4 is 0 Å². The van der Waals surface area contributed by atoms with E-state index < -0.39 is 0 Å². The van der Waals surface area contributed by atoms with Gasteiger partial charge in [-0.25, -0.2) is 0 Å². The van der Waals surface area contributed by atoms with Crippen LogP contribution in [0.3, 0.4) is 0 Å². The summed E-state index contributed by atoms with van der Waals surface area (Å²) in [6.45, 7) is 8.92. The fourth-order valence-electron chi connectivity index (χ4n) is 2.60. The number of aryl methyl sites for hydroxylation is 1. The minimum atomic E-state index is 0.352. The summed E-state index contributed by atoms with van der Waals surface area (Å²) < 4.78 is 5.73. The van der Waals surface area contributed by atoms with Crippen LogP contribution in [0.2, 0.25) is 0 Å². The molecule has 1 aliphatic heterocycles. The number of hydrogen-bond acceptors (Lipinski definition) is 2. The van der Waals surface area contributed by atoms with Crippen molar-refractivity contribution in [2.24, 2.45) is 5.92 Å². The highest BCUT2D eigenvalue weighted by Gasteiger charge is 2.18. The van der Waals surface area contributed by atoms with Gasteiger partial charge in [-0.3, -0.25) is 0 Å². The summed E-state index contributed by atoms with van der Waals surface area (Å²) in [4.78, 5) is 0. The van der Waals surface area contributed by atoms with E-state index in [2.05, 4.69) is 44.3 Å². The molecule has 106 valence electrons. The third-order valence-electron chi connectivity index (χ3n) is 3.58. The van der Waals surface area contributed by atoms with Crippen LogP contribution in [0.4, 0.5) is 0 Å². The van der Waals surface area contributed by atoms with E-state index in [0.29, 0.717) is 6.10 Å². The largest absolute Gasteiger partial charge is 0.490 e. The molecular formula is C17H27NO. The molecule has 0 aromatic heterocycles. The minimum Gasteiger partial charge on any atom is -0.490 e. The van der Waals surface area contributed by atoms with E-state index in [4.69, 9.17) is 4.74 Å². The standard InChI is InChI=1S/C17H27NO/c1-13(2)12-18-9-5-4-6-15-7-8-17-16(11-15)10-14(3)19-17/h7-8,11,13-14,18H,4-6,9-10,12H2,1-3H3. The molecule has 0 radical (unpaired) electrons. The van der Waals surface area contributed by atoms with E-state index in [9.17, 15) is 0 Å². The molecule has 1 heterocycles. The number of fused-ring (bicyclic) bond motifs is 1. The molecule has 0 spiro atoms. The molecule has 1 unspecified atom stereocenters. The molecule has 1 aromatic carbocycles. The van der Waals surface area contributed by atoms with Gasteiger partial charge in [-0.1, -0.05) is 26.0 Å². The van der Waals surface area contributed by atoms with E-state index in [1.807, 2.05) is 0 Å². The molecule has 1 N–H and O–H groups in total. The first-order valence-corrected chi connectivity index (χ1v) is 7.64. The van der Waals surface area contributed by atoms with Crippen molar-refractivity contribution in [3.8, 4) is 5.75 Å². The number of ether oxygens (including phenoxy) is 1. The molecule has 1 aliphatic rings. The maximum atomic E-state index is 5.73. The molecule has 2 rings (SSSR count). The average Bonchev–Trinajstić information content (AvgIpc) is 2.72. The van der Waals surface area contributed by atoms with Crippen molar-refractivity contribution in [3.63, 3.8) is 0 Å². The van der Waals surface area contributed by atoms with Gasteiger partial charge >= 0.3 is 0 Å². The molecule has 0 fully saturated rings. The Morgan fingerprint density at radius 2 is 2.16 bits per heavy atom. The zero-order chi connectivity index (χ0) is 13.7. The molecule has 0 saturated heterocycles. The molecule has 0 saturated carbocycles. The van der Waals surface area contributed by atoms with Crippen LogP contribution < -0.4 is 10.1 Å². The maximum Gasteiger partial charge on any atom is 0.123 e. The highest BCUT2D eigenvalue weighted by Crippen LogP contribution is 2.29. The van der Waals surface area contributed by atoms with Crippen molar-refractivity contribution < 1.29 is 4.74 Å². The van der Waals surface area contributed by atoms with Gasteiger partial charge in [-0.15, -0.1) is 0 Å². The quantitative estimate of drug-likeness (QED) is 0.758. The normalized spacial score (nSPS) is 17.6. The van der Waals surface area contributed by atoms with Crippen LogP contribution in [0, 0.1) is 5.92 Å². The van der Waals surface area contributed by atoms with Gasteiger partial charge in [0.2, 0.25) is 0 Å². The first kappa shape index (κ1) is 14.4. The maximum absolute atomic E-state index is 5.73. The average molecular weight is 261 g/mol. The van der Waals surface area contributed by atoms with Gasteiger partial charge in [0, 0.05) is 6.42 Å². The van der Waals surface area contributed by atoms with Crippen LogP contribution in [0.1, 0.15) is 44.7 Å². The van der Waals surface area contributed by atoms with Crippen LogP contribution in [0.15, 0.2) is 18.2 Å². The van der Waals surface area contributed by atoms with E-state index >= 15 is 0 Å². The molecule has 0 amide bonds. The zero-order valence-corrected chi connectivity index (χ0v) is 12.5. The Bertz CT molecular complexity index is 400.